The predicted molar refractivity (Wildman–Crippen MR) is 41.2 cm³/mol. The minimum Gasteiger partial charge on any atom is -0.347 e. The van der Waals surface area contributed by atoms with Crippen molar-refractivity contribution >= 4 is 5.91 Å². The molecule has 0 saturated heterocycles. The summed E-state index contributed by atoms with van der Waals surface area (Å²) in [6.07, 6.45) is 0. The molecule has 0 bridgehead atoms. The third-order valence-electron chi connectivity index (χ3n) is 1.49. The highest BCUT2D eigenvalue weighted by Gasteiger charge is 2.07. The van der Waals surface area contributed by atoms with Crippen LogP contribution >= 0.6 is 0 Å². The maximum absolute atomic E-state index is 11.2. The summed E-state index contributed by atoms with van der Waals surface area (Å²) in [5, 5.41) is 10.7. The summed E-state index contributed by atoms with van der Waals surface area (Å²) in [6.45, 7) is 1.95. The van der Waals surface area contributed by atoms with Gasteiger partial charge in [-0.05, 0) is 17.4 Å². The summed E-state index contributed by atoms with van der Waals surface area (Å²) in [5.41, 5.74) is 0. The summed E-state index contributed by atoms with van der Waals surface area (Å²) in [6, 6.07) is 0. The lowest BCUT2D eigenvalue weighted by molar-refractivity contribution is -0.129. The average molecular weight is 169 g/mol. The van der Waals surface area contributed by atoms with Gasteiger partial charge in [0.05, 0.1) is 0 Å². The van der Waals surface area contributed by atoms with Gasteiger partial charge in [0.2, 0.25) is 5.91 Å². The van der Waals surface area contributed by atoms with E-state index in [1.165, 1.54) is 9.58 Å². The van der Waals surface area contributed by atoms with Crippen LogP contribution in [0.4, 0.5) is 0 Å². The summed E-state index contributed by atoms with van der Waals surface area (Å²) < 4.78 is 1.46. The number of carbonyl (C=O) groups excluding carboxylic acids is 1. The first-order valence-electron chi connectivity index (χ1n) is 3.54. The Morgan fingerprint density at radius 1 is 1.58 bits per heavy atom. The molecule has 0 unspecified atom stereocenters. The van der Waals surface area contributed by atoms with Crippen LogP contribution < -0.4 is 0 Å². The minimum absolute atomic E-state index is 0.0228. The molecule has 0 aliphatic rings. The van der Waals surface area contributed by atoms with E-state index in [1.54, 1.807) is 21.0 Å². The first kappa shape index (κ1) is 8.63. The Labute approximate surface area is 70.2 Å². The van der Waals surface area contributed by atoms with Crippen molar-refractivity contribution in [1.82, 2.24) is 25.1 Å². The number of tetrazole rings is 1. The zero-order chi connectivity index (χ0) is 9.14. The topological polar surface area (TPSA) is 63.9 Å². The predicted octanol–water partition coefficient (Wildman–Crippen LogP) is -0.930. The molecule has 6 heteroatoms. The molecule has 0 radical (unpaired) electrons. The first-order chi connectivity index (χ1) is 5.61. The minimum atomic E-state index is -0.0228. The summed E-state index contributed by atoms with van der Waals surface area (Å²) >= 11 is 0. The SMILES string of the molecule is Cc1nnnn1CC(=O)N(C)C. The van der Waals surface area contributed by atoms with Gasteiger partial charge in [0.15, 0.2) is 0 Å². The molecule has 0 spiro atoms. The fraction of sp³-hybridized carbons (Fsp3) is 0.667. The molecule has 0 aliphatic carbocycles. The lowest BCUT2D eigenvalue weighted by Gasteiger charge is -2.09. The second-order valence-corrected chi connectivity index (χ2v) is 2.67. The molecule has 1 aromatic rings. The molecule has 1 rings (SSSR count). The standard InChI is InChI=1S/C6H11N5O/c1-5-7-8-9-11(5)4-6(12)10(2)3/h4H2,1-3H3. The van der Waals surface area contributed by atoms with Crippen LogP contribution in [0, 0.1) is 6.92 Å². The normalized spacial score (nSPS) is 9.92. The van der Waals surface area contributed by atoms with E-state index >= 15 is 0 Å². The van der Waals surface area contributed by atoms with Crippen LogP contribution in [0.25, 0.3) is 0 Å². The Balaban J connectivity index is 2.64. The molecular formula is C6H11N5O. The molecule has 0 aliphatic heterocycles. The van der Waals surface area contributed by atoms with Gasteiger partial charge in [-0.15, -0.1) is 5.10 Å². The third kappa shape index (κ3) is 1.77. The van der Waals surface area contributed by atoms with Crippen molar-refractivity contribution < 1.29 is 4.79 Å². The number of hydrogen-bond donors (Lipinski definition) is 0. The number of likely N-dealkylation sites (N-methyl/N-ethyl adjacent to an activating group) is 1. The van der Waals surface area contributed by atoms with E-state index in [0.717, 1.165) is 0 Å². The van der Waals surface area contributed by atoms with E-state index < -0.39 is 0 Å². The van der Waals surface area contributed by atoms with Gasteiger partial charge in [0.1, 0.15) is 12.4 Å². The van der Waals surface area contributed by atoms with Gasteiger partial charge in [-0.1, -0.05) is 0 Å². The molecule has 0 fully saturated rings. The molecule has 0 atom stereocenters. The highest BCUT2D eigenvalue weighted by Crippen LogP contribution is 1.90. The number of aromatic nitrogens is 4. The van der Waals surface area contributed by atoms with Crippen LogP contribution in [-0.2, 0) is 11.3 Å². The fourth-order valence-electron chi connectivity index (χ4n) is 0.665. The van der Waals surface area contributed by atoms with Crippen LogP contribution in [0.2, 0.25) is 0 Å². The Hall–Kier alpha value is -1.46. The number of carbonyl (C=O) groups is 1. The van der Waals surface area contributed by atoms with Gasteiger partial charge in [-0.25, -0.2) is 4.68 Å². The second-order valence-electron chi connectivity index (χ2n) is 2.67. The lowest BCUT2D eigenvalue weighted by atomic mass is 10.5. The highest BCUT2D eigenvalue weighted by atomic mass is 16.2. The van der Waals surface area contributed by atoms with Crippen molar-refractivity contribution in [2.45, 2.75) is 13.5 Å². The molecule has 66 valence electrons. The van der Waals surface area contributed by atoms with E-state index in [9.17, 15) is 4.79 Å². The molecule has 6 nitrogen and oxygen atoms in total. The number of nitrogens with zero attached hydrogens (tertiary/aromatic N) is 5. The van der Waals surface area contributed by atoms with Crippen LogP contribution in [-0.4, -0.2) is 45.1 Å². The Morgan fingerprint density at radius 2 is 2.25 bits per heavy atom. The molecule has 1 aromatic heterocycles. The van der Waals surface area contributed by atoms with Crippen LogP contribution in [0.3, 0.4) is 0 Å². The molecular weight excluding hydrogens is 158 g/mol. The maximum atomic E-state index is 11.2. The van der Waals surface area contributed by atoms with Gasteiger partial charge in [-0.3, -0.25) is 4.79 Å². The Morgan fingerprint density at radius 3 is 2.67 bits per heavy atom. The average Bonchev–Trinajstić information content (AvgIpc) is 2.36. The van der Waals surface area contributed by atoms with E-state index in [4.69, 9.17) is 0 Å². The Bertz CT molecular complexity index is 279. The van der Waals surface area contributed by atoms with E-state index in [0.29, 0.717) is 5.82 Å². The van der Waals surface area contributed by atoms with Crippen molar-refractivity contribution in [2.24, 2.45) is 0 Å². The number of rotatable bonds is 2. The van der Waals surface area contributed by atoms with Crippen molar-refractivity contribution in [3.63, 3.8) is 0 Å². The Kier molecular flexibility index (Phi) is 2.37. The van der Waals surface area contributed by atoms with Crippen molar-refractivity contribution in [2.75, 3.05) is 14.1 Å². The molecule has 0 N–H and O–H groups in total. The van der Waals surface area contributed by atoms with Gasteiger partial charge >= 0.3 is 0 Å². The number of hydrogen-bond acceptors (Lipinski definition) is 4. The zero-order valence-electron chi connectivity index (χ0n) is 7.35. The number of aryl methyl sites for hydroxylation is 1. The summed E-state index contributed by atoms with van der Waals surface area (Å²) in [5.74, 6) is 0.621. The molecule has 1 amide bonds. The first-order valence-corrected chi connectivity index (χ1v) is 3.54. The largest absolute Gasteiger partial charge is 0.347 e. The molecule has 12 heavy (non-hydrogen) atoms. The lowest BCUT2D eigenvalue weighted by Crippen LogP contribution is -2.27. The molecule has 0 saturated carbocycles. The van der Waals surface area contributed by atoms with Crippen molar-refractivity contribution in [3.05, 3.63) is 5.82 Å². The maximum Gasteiger partial charge on any atom is 0.243 e. The summed E-state index contributed by atoms with van der Waals surface area (Å²) in [4.78, 5) is 12.7. The zero-order valence-corrected chi connectivity index (χ0v) is 7.35. The van der Waals surface area contributed by atoms with Gasteiger partial charge in [0, 0.05) is 14.1 Å². The molecule has 1 heterocycles. The summed E-state index contributed by atoms with van der Waals surface area (Å²) in [7, 11) is 3.39. The quantitative estimate of drug-likeness (QED) is 0.573. The van der Waals surface area contributed by atoms with Gasteiger partial charge < -0.3 is 4.90 Å². The fourth-order valence-corrected chi connectivity index (χ4v) is 0.665. The van der Waals surface area contributed by atoms with Crippen molar-refractivity contribution in [3.8, 4) is 0 Å². The van der Waals surface area contributed by atoms with Crippen LogP contribution in [0.1, 0.15) is 5.82 Å². The van der Waals surface area contributed by atoms with E-state index in [2.05, 4.69) is 15.5 Å². The van der Waals surface area contributed by atoms with Crippen LogP contribution in [0.15, 0.2) is 0 Å². The van der Waals surface area contributed by atoms with Gasteiger partial charge in [0.25, 0.3) is 0 Å². The highest BCUT2D eigenvalue weighted by molar-refractivity contribution is 5.75. The molecule has 0 aromatic carbocycles. The van der Waals surface area contributed by atoms with E-state index in [-0.39, 0.29) is 12.5 Å². The monoisotopic (exact) mass is 169 g/mol. The van der Waals surface area contributed by atoms with E-state index in [1.807, 2.05) is 0 Å². The number of amides is 1. The van der Waals surface area contributed by atoms with Gasteiger partial charge in [-0.2, -0.15) is 0 Å². The smallest absolute Gasteiger partial charge is 0.243 e. The second kappa shape index (κ2) is 3.29. The third-order valence-corrected chi connectivity index (χ3v) is 1.49. The van der Waals surface area contributed by atoms with Crippen molar-refractivity contribution in [1.29, 1.82) is 0 Å². The van der Waals surface area contributed by atoms with Crippen LogP contribution in [0.5, 0.6) is 0 Å².